The number of fused-ring (bicyclic) bond motifs is 1. The monoisotopic (exact) mass is 355 g/mol. The molecule has 0 radical (unpaired) electrons. The van der Waals surface area contributed by atoms with Gasteiger partial charge in [0.1, 0.15) is 0 Å². The Morgan fingerprint density at radius 2 is 2.04 bits per heavy atom. The highest BCUT2D eigenvalue weighted by molar-refractivity contribution is 6.42. The van der Waals surface area contributed by atoms with E-state index in [1.165, 1.54) is 0 Å². The molecule has 0 saturated carbocycles. The number of likely N-dealkylation sites (tertiary alicyclic amines) is 1. The van der Waals surface area contributed by atoms with Crippen molar-refractivity contribution in [2.45, 2.75) is 44.6 Å². The minimum absolute atomic E-state index is 0.174. The van der Waals surface area contributed by atoms with Gasteiger partial charge in [0, 0.05) is 25.1 Å². The SMILES string of the molecule is CC(C)(C(=O)N1CCCC2COCCC21)c1ccc(Cl)c(Cl)c1. The molecule has 2 heterocycles. The molecule has 1 aromatic rings. The van der Waals surface area contributed by atoms with Crippen LogP contribution in [0.2, 0.25) is 10.0 Å². The van der Waals surface area contributed by atoms with Gasteiger partial charge in [-0.1, -0.05) is 29.3 Å². The van der Waals surface area contributed by atoms with Crippen LogP contribution in [0.15, 0.2) is 18.2 Å². The number of nitrogens with zero attached hydrogens (tertiary/aromatic N) is 1. The van der Waals surface area contributed by atoms with Gasteiger partial charge in [-0.3, -0.25) is 4.79 Å². The normalized spacial score (nSPS) is 25.1. The lowest BCUT2D eigenvalue weighted by Gasteiger charge is -2.46. The van der Waals surface area contributed by atoms with Crippen LogP contribution in [0.5, 0.6) is 0 Å². The van der Waals surface area contributed by atoms with Crippen molar-refractivity contribution in [3.63, 3.8) is 0 Å². The van der Waals surface area contributed by atoms with Gasteiger partial charge < -0.3 is 9.64 Å². The Morgan fingerprint density at radius 3 is 2.78 bits per heavy atom. The Morgan fingerprint density at radius 1 is 1.26 bits per heavy atom. The summed E-state index contributed by atoms with van der Waals surface area (Å²) < 4.78 is 5.60. The van der Waals surface area contributed by atoms with E-state index in [9.17, 15) is 4.79 Å². The van der Waals surface area contributed by atoms with E-state index in [0.717, 1.165) is 44.6 Å². The van der Waals surface area contributed by atoms with Crippen molar-refractivity contribution in [2.75, 3.05) is 19.8 Å². The van der Waals surface area contributed by atoms with Gasteiger partial charge in [-0.25, -0.2) is 0 Å². The van der Waals surface area contributed by atoms with E-state index in [2.05, 4.69) is 4.90 Å². The molecule has 1 amide bonds. The van der Waals surface area contributed by atoms with Crippen molar-refractivity contribution in [3.05, 3.63) is 33.8 Å². The molecule has 3 rings (SSSR count). The molecule has 0 bridgehead atoms. The van der Waals surface area contributed by atoms with E-state index in [1.807, 2.05) is 26.0 Å². The Kier molecular flexibility index (Phi) is 4.91. The quantitative estimate of drug-likeness (QED) is 0.791. The van der Waals surface area contributed by atoms with Crippen LogP contribution in [0.25, 0.3) is 0 Å². The highest BCUT2D eigenvalue weighted by Gasteiger charge is 2.42. The van der Waals surface area contributed by atoms with Crippen molar-refractivity contribution in [1.29, 1.82) is 0 Å². The molecule has 2 saturated heterocycles. The smallest absolute Gasteiger partial charge is 0.232 e. The summed E-state index contributed by atoms with van der Waals surface area (Å²) >= 11 is 12.2. The molecule has 0 N–H and O–H groups in total. The zero-order valence-electron chi connectivity index (χ0n) is 13.6. The predicted octanol–water partition coefficient (Wildman–Crippen LogP) is 4.30. The number of carbonyl (C=O) groups excluding carboxylic acids is 1. The number of halogens is 2. The minimum atomic E-state index is -0.617. The van der Waals surface area contributed by atoms with E-state index >= 15 is 0 Å². The van der Waals surface area contributed by atoms with E-state index < -0.39 is 5.41 Å². The molecule has 2 fully saturated rings. The highest BCUT2D eigenvalue weighted by Crippen LogP contribution is 2.36. The molecule has 23 heavy (non-hydrogen) atoms. The molecule has 2 aliphatic rings. The van der Waals surface area contributed by atoms with Gasteiger partial charge in [0.25, 0.3) is 0 Å². The lowest BCUT2D eigenvalue weighted by Crippen LogP contribution is -2.56. The summed E-state index contributed by atoms with van der Waals surface area (Å²) in [5.41, 5.74) is 0.292. The van der Waals surface area contributed by atoms with Gasteiger partial charge in [-0.05, 0) is 50.8 Å². The summed E-state index contributed by atoms with van der Waals surface area (Å²) in [5, 5.41) is 1.01. The van der Waals surface area contributed by atoms with Gasteiger partial charge in [0.2, 0.25) is 5.91 Å². The molecule has 2 unspecified atom stereocenters. The third-order valence-corrected chi connectivity index (χ3v) is 5.98. The number of carbonyl (C=O) groups is 1. The van der Waals surface area contributed by atoms with E-state index in [0.29, 0.717) is 22.0 Å². The number of piperidine rings is 1. The first-order valence-corrected chi connectivity index (χ1v) is 9.01. The third-order valence-electron chi connectivity index (χ3n) is 5.25. The maximum absolute atomic E-state index is 13.3. The summed E-state index contributed by atoms with van der Waals surface area (Å²) in [4.78, 5) is 15.4. The second-order valence-corrected chi connectivity index (χ2v) is 7.90. The highest BCUT2D eigenvalue weighted by atomic mass is 35.5. The zero-order valence-corrected chi connectivity index (χ0v) is 15.2. The fraction of sp³-hybridized carbons (Fsp3) is 0.611. The van der Waals surface area contributed by atoms with Crippen molar-refractivity contribution in [1.82, 2.24) is 4.90 Å². The number of hydrogen-bond donors (Lipinski definition) is 0. The summed E-state index contributed by atoms with van der Waals surface area (Å²) in [5.74, 6) is 0.651. The fourth-order valence-corrected chi connectivity index (χ4v) is 4.08. The molecule has 0 spiro atoms. The average Bonchev–Trinajstić information content (AvgIpc) is 2.56. The molecule has 0 aliphatic carbocycles. The molecule has 2 aliphatic heterocycles. The average molecular weight is 356 g/mol. The fourth-order valence-electron chi connectivity index (χ4n) is 3.78. The number of hydrogen-bond acceptors (Lipinski definition) is 2. The summed E-state index contributed by atoms with van der Waals surface area (Å²) in [6.07, 6.45) is 3.14. The van der Waals surface area contributed by atoms with Crippen LogP contribution in [0.1, 0.15) is 38.7 Å². The third kappa shape index (κ3) is 3.24. The maximum atomic E-state index is 13.3. The molecule has 126 valence electrons. The van der Waals surface area contributed by atoms with Gasteiger partial charge in [-0.15, -0.1) is 0 Å². The van der Waals surface area contributed by atoms with Crippen LogP contribution >= 0.6 is 23.2 Å². The van der Waals surface area contributed by atoms with Crippen LogP contribution in [-0.4, -0.2) is 36.6 Å². The summed E-state index contributed by atoms with van der Waals surface area (Å²) in [6.45, 7) is 6.31. The predicted molar refractivity (Wildman–Crippen MR) is 93.1 cm³/mol. The topological polar surface area (TPSA) is 29.5 Å². The summed E-state index contributed by atoms with van der Waals surface area (Å²) in [6, 6.07) is 5.79. The number of benzene rings is 1. The van der Waals surface area contributed by atoms with Gasteiger partial charge >= 0.3 is 0 Å². The second-order valence-electron chi connectivity index (χ2n) is 7.09. The first-order valence-electron chi connectivity index (χ1n) is 8.25. The van der Waals surface area contributed by atoms with E-state index in [4.69, 9.17) is 27.9 Å². The Labute approximate surface area is 147 Å². The molecular formula is C18H23Cl2NO2. The minimum Gasteiger partial charge on any atom is -0.381 e. The van der Waals surface area contributed by atoms with Crippen LogP contribution in [0, 0.1) is 5.92 Å². The van der Waals surface area contributed by atoms with Crippen molar-refractivity contribution < 1.29 is 9.53 Å². The molecule has 5 heteroatoms. The standard InChI is InChI=1S/C18H23Cl2NO2/c1-18(2,13-5-6-14(19)15(20)10-13)17(22)21-8-3-4-12-11-23-9-7-16(12)21/h5-6,10,12,16H,3-4,7-9,11H2,1-2H3. The number of rotatable bonds is 2. The molecule has 0 aromatic heterocycles. The Balaban J connectivity index is 1.86. The van der Waals surface area contributed by atoms with Crippen molar-refractivity contribution in [3.8, 4) is 0 Å². The molecular weight excluding hydrogens is 333 g/mol. The largest absolute Gasteiger partial charge is 0.381 e. The molecule has 1 aromatic carbocycles. The van der Waals surface area contributed by atoms with Crippen LogP contribution in [-0.2, 0) is 14.9 Å². The number of amides is 1. The van der Waals surface area contributed by atoms with E-state index in [-0.39, 0.29) is 5.91 Å². The van der Waals surface area contributed by atoms with Crippen LogP contribution < -0.4 is 0 Å². The summed E-state index contributed by atoms with van der Waals surface area (Å²) in [7, 11) is 0. The Bertz CT molecular complexity index is 601. The van der Waals surface area contributed by atoms with Crippen LogP contribution in [0.4, 0.5) is 0 Å². The molecule has 2 atom stereocenters. The lowest BCUT2D eigenvalue weighted by molar-refractivity contribution is -0.145. The second kappa shape index (κ2) is 6.62. The first-order chi connectivity index (χ1) is 10.9. The van der Waals surface area contributed by atoms with Gasteiger partial charge in [-0.2, -0.15) is 0 Å². The van der Waals surface area contributed by atoms with Gasteiger partial charge in [0.05, 0.1) is 22.1 Å². The van der Waals surface area contributed by atoms with Crippen LogP contribution in [0.3, 0.4) is 0 Å². The lowest BCUT2D eigenvalue weighted by atomic mass is 9.79. The zero-order chi connectivity index (χ0) is 16.6. The first kappa shape index (κ1) is 17.1. The molecule has 3 nitrogen and oxygen atoms in total. The van der Waals surface area contributed by atoms with Gasteiger partial charge in [0.15, 0.2) is 0 Å². The van der Waals surface area contributed by atoms with Crippen molar-refractivity contribution in [2.24, 2.45) is 5.92 Å². The Hall–Kier alpha value is -0.770. The van der Waals surface area contributed by atoms with Crippen molar-refractivity contribution >= 4 is 29.1 Å². The van der Waals surface area contributed by atoms with E-state index in [1.54, 1.807) is 6.07 Å². The maximum Gasteiger partial charge on any atom is 0.232 e. The number of ether oxygens (including phenoxy) is 1.